The quantitative estimate of drug-likeness (QED) is 0.734. The molecule has 3 aromatic rings. The molecular formula is C22H20N4O3. The first-order valence-corrected chi connectivity index (χ1v) is 9.52. The Balaban J connectivity index is 1.45. The maximum absolute atomic E-state index is 12.9. The maximum Gasteiger partial charge on any atom is 0.274 e. The molecule has 0 saturated carbocycles. The lowest BCUT2D eigenvalue weighted by Gasteiger charge is -2.23. The van der Waals surface area contributed by atoms with E-state index in [1.807, 2.05) is 19.1 Å². The SMILES string of the molecule is Cc1cc(C(=O)Nc2ccc3c(c2)OCO3)nc(N2c3ccccc3CC2C)n1. The Morgan fingerprint density at radius 3 is 2.83 bits per heavy atom. The smallest absolute Gasteiger partial charge is 0.274 e. The lowest BCUT2D eigenvalue weighted by Crippen LogP contribution is -2.27. The Labute approximate surface area is 168 Å². The molecule has 29 heavy (non-hydrogen) atoms. The number of benzene rings is 2. The average molecular weight is 388 g/mol. The molecule has 0 aliphatic carbocycles. The Morgan fingerprint density at radius 1 is 1.10 bits per heavy atom. The molecule has 3 heterocycles. The highest BCUT2D eigenvalue weighted by molar-refractivity contribution is 6.03. The summed E-state index contributed by atoms with van der Waals surface area (Å²) in [4.78, 5) is 24.1. The van der Waals surface area contributed by atoms with Gasteiger partial charge in [-0.05, 0) is 50.1 Å². The fourth-order valence-electron chi connectivity index (χ4n) is 3.82. The van der Waals surface area contributed by atoms with Crippen molar-refractivity contribution >= 4 is 23.2 Å². The van der Waals surface area contributed by atoms with E-state index in [4.69, 9.17) is 9.47 Å². The molecule has 1 amide bonds. The topological polar surface area (TPSA) is 76.6 Å². The number of hydrogen-bond acceptors (Lipinski definition) is 6. The van der Waals surface area contributed by atoms with E-state index in [2.05, 4.69) is 39.2 Å². The van der Waals surface area contributed by atoms with Gasteiger partial charge in [0.1, 0.15) is 5.69 Å². The second kappa shape index (κ2) is 6.77. The fraction of sp³-hybridized carbons (Fsp3) is 0.227. The molecule has 0 fully saturated rings. The van der Waals surface area contributed by atoms with Crippen LogP contribution < -0.4 is 19.7 Å². The van der Waals surface area contributed by atoms with Crippen LogP contribution in [0, 0.1) is 6.92 Å². The van der Waals surface area contributed by atoms with Crippen molar-refractivity contribution in [2.24, 2.45) is 0 Å². The number of ether oxygens (including phenoxy) is 2. The predicted molar refractivity (Wildman–Crippen MR) is 109 cm³/mol. The number of fused-ring (bicyclic) bond motifs is 2. The largest absolute Gasteiger partial charge is 0.454 e. The summed E-state index contributed by atoms with van der Waals surface area (Å²) in [6.07, 6.45) is 0.923. The van der Waals surface area contributed by atoms with Gasteiger partial charge in [-0.3, -0.25) is 4.79 Å². The second-order valence-corrected chi connectivity index (χ2v) is 7.27. The monoisotopic (exact) mass is 388 g/mol. The van der Waals surface area contributed by atoms with Gasteiger partial charge in [0.05, 0.1) is 0 Å². The van der Waals surface area contributed by atoms with Crippen molar-refractivity contribution in [2.45, 2.75) is 26.3 Å². The Morgan fingerprint density at radius 2 is 1.93 bits per heavy atom. The Hall–Kier alpha value is -3.61. The minimum Gasteiger partial charge on any atom is -0.454 e. The minimum absolute atomic E-state index is 0.191. The van der Waals surface area contributed by atoms with Crippen LogP contribution in [0.5, 0.6) is 11.5 Å². The molecule has 0 bridgehead atoms. The van der Waals surface area contributed by atoms with Gasteiger partial charge in [-0.2, -0.15) is 0 Å². The van der Waals surface area contributed by atoms with Gasteiger partial charge in [0, 0.05) is 29.2 Å². The molecule has 0 radical (unpaired) electrons. The van der Waals surface area contributed by atoms with Gasteiger partial charge >= 0.3 is 0 Å². The van der Waals surface area contributed by atoms with Crippen LogP contribution in [0.1, 0.15) is 28.7 Å². The molecule has 7 nitrogen and oxygen atoms in total. The molecule has 1 atom stereocenters. The van der Waals surface area contributed by atoms with Gasteiger partial charge in [0.15, 0.2) is 11.5 Å². The van der Waals surface area contributed by atoms with E-state index >= 15 is 0 Å². The molecular weight excluding hydrogens is 368 g/mol. The first-order valence-electron chi connectivity index (χ1n) is 9.52. The first-order chi connectivity index (χ1) is 14.1. The van der Waals surface area contributed by atoms with Crippen molar-refractivity contribution in [1.82, 2.24) is 9.97 Å². The van der Waals surface area contributed by atoms with Crippen LogP contribution in [0.2, 0.25) is 0 Å². The second-order valence-electron chi connectivity index (χ2n) is 7.27. The van der Waals surface area contributed by atoms with E-state index in [1.54, 1.807) is 24.3 Å². The lowest BCUT2D eigenvalue weighted by atomic mass is 10.1. The van der Waals surface area contributed by atoms with Crippen LogP contribution >= 0.6 is 0 Å². The number of hydrogen-bond donors (Lipinski definition) is 1. The normalized spacial score (nSPS) is 16.6. The summed E-state index contributed by atoms with van der Waals surface area (Å²) < 4.78 is 10.7. The van der Waals surface area contributed by atoms with Crippen LogP contribution in [0.25, 0.3) is 0 Å². The summed E-state index contributed by atoms with van der Waals surface area (Å²) in [5.41, 5.74) is 4.03. The lowest BCUT2D eigenvalue weighted by molar-refractivity contribution is 0.102. The van der Waals surface area contributed by atoms with E-state index in [0.717, 1.165) is 17.8 Å². The summed E-state index contributed by atoms with van der Waals surface area (Å²) in [6, 6.07) is 15.4. The maximum atomic E-state index is 12.9. The first kappa shape index (κ1) is 17.5. The van der Waals surface area contributed by atoms with Crippen LogP contribution in [0.3, 0.4) is 0 Å². The van der Waals surface area contributed by atoms with Gasteiger partial charge in [0.2, 0.25) is 12.7 Å². The third kappa shape index (κ3) is 3.14. The number of amides is 1. The van der Waals surface area contributed by atoms with Gasteiger partial charge in [0.25, 0.3) is 5.91 Å². The standard InChI is InChI=1S/C22H20N4O3/c1-13-9-17(21(27)24-16-7-8-19-20(11-16)29-12-28-19)25-22(23-13)26-14(2)10-15-5-3-4-6-18(15)26/h3-9,11,14H,10,12H2,1-2H3,(H,24,27). The summed E-state index contributed by atoms with van der Waals surface area (Å²) in [7, 11) is 0. The molecule has 1 N–H and O–H groups in total. The zero-order valence-corrected chi connectivity index (χ0v) is 16.2. The van der Waals surface area contributed by atoms with E-state index in [9.17, 15) is 4.79 Å². The number of para-hydroxylation sites is 1. The van der Waals surface area contributed by atoms with Crippen LogP contribution in [-0.2, 0) is 6.42 Å². The number of rotatable bonds is 3. The predicted octanol–water partition coefficient (Wildman–Crippen LogP) is 3.85. The fourth-order valence-corrected chi connectivity index (χ4v) is 3.82. The zero-order valence-electron chi connectivity index (χ0n) is 16.2. The molecule has 0 spiro atoms. The minimum atomic E-state index is -0.296. The molecule has 2 aliphatic heterocycles. The zero-order chi connectivity index (χ0) is 20.0. The van der Waals surface area contributed by atoms with Crippen LogP contribution in [0.4, 0.5) is 17.3 Å². The number of aromatic nitrogens is 2. The van der Waals surface area contributed by atoms with Crippen molar-refractivity contribution < 1.29 is 14.3 Å². The summed E-state index contributed by atoms with van der Waals surface area (Å²) in [5, 5.41) is 2.88. The molecule has 5 rings (SSSR count). The Bertz CT molecular complexity index is 1110. The molecule has 0 saturated heterocycles. The van der Waals surface area contributed by atoms with Crippen molar-refractivity contribution in [3.63, 3.8) is 0 Å². The van der Waals surface area contributed by atoms with Gasteiger partial charge in [-0.15, -0.1) is 0 Å². The summed E-state index contributed by atoms with van der Waals surface area (Å²) in [6.45, 7) is 4.20. The van der Waals surface area contributed by atoms with Gasteiger partial charge < -0.3 is 19.7 Å². The van der Waals surface area contributed by atoms with E-state index in [-0.39, 0.29) is 18.7 Å². The van der Waals surface area contributed by atoms with Crippen LogP contribution in [-0.4, -0.2) is 28.7 Å². The molecule has 2 aliphatic rings. The van der Waals surface area contributed by atoms with Crippen molar-refractivity contribution in [1.29, 1.82) is 0 Å². The Kier molecular flexibility index (Phi) is 4.08. The molecule has 7 heteroatoms. The number of carbonyl (C=O) groups is 1. The molecule has 146 valence electrons. The number of nitrogens with one attached hydrogen (secondary N) is 1. The van der Waals surface area contributed by atoms with E-state index < -0.39 is 0 Å². The highest BCUT2D eigenvalue weighted by Gasteiger charge is 2.29. The molecule has 1 unspecified atom stereocenters. The van der Waals surface area contributed by atoms with Crippen molar-refractivity contribution in [2.75, 3.05) is 17.0 Å². The highest BCUT2D eigenvalue weighted by Crippen LogP contribution is 2.37. The summed E-state index contributed by atoms with van der Waals surface area (Å²) in [5.74, 6) is 1.53. The number of carbonyl (C=O) groups excluding carboxylic acids is 1. The number of anilines is 3. The van der Waals surface area contributed by atoms with Gasteiger partial charge in [-0.1, -0.05) is 18.2 Å². The van der Waals surface area contributed by atoms with E-state index in [1.165, 1.54) is 5.56 Å². The van der Waals surface area contributed by atoms with Gasteiger partial charge in [-0.25, -0.2) is 9.97 Å². The van der Waals surface area contributed by atoms with Crippen molar-refractivity contribution in [3.05, 3.63) is 65.5 Å². The average Bonchev–Trinajstić information content (AvgIpc) is 3.30. The molecule has 2 aromatic carbocycles. The molecule has 1 aromatic heterocycles. The van der Waals surface area contributed by atoms with Crippen molar-refractivity contribution in [3.8, 4) is 11.5 Å². The highest BCUT2D eigenvalue weighted by atomic mass is 16.7. The third-order valence-corrected chi connectivity index (χ3v) is 5.13. The summed E-state index contributed by atoms with van der Waals surface area (Å²) >= 11 is 0. The van der Waals surface area contributed by atoms with Crippen LogP contribution in [0.15, 0.2) is 48.5 Å². The number of nitrogens with zero attached hydrogens (tertiary/aromatic N) is 3. The number of aryl methyl sites for hydroxylation is 1. The third-order valence-electron chi connectivity index (χ3n) is 5.13. The van der Waals surface area contributed by atoms with E-state index in [0.29, 0.717) is 28.8 Å².